The van der Waals surface area contributed by atoms with Crippen molar-refractivity contribution in [3.05, 3.63) is 52.0 Å². The minimum absolute atomic E-state index is 0.142. The fourth-order valence-corrected chi connectivity index (χ4v) is 7.48. The standard InChI is InChI=1S/C31H38N4O5S/c1-39-29(37)26-15-24-17-35(26)28(36)27(21-10-5-2-6-11-21)33-30-32-23(19-41-30)14-7-3-4-9-20-12-8-13-22-16-34(18-25(20)22)31(38)40-24/h4,8-9,12-13,19,21,24,26-27H,2-3,5-7,10-11,14-18H2,1H3,(H,32,33)/b9-4-/t24-,26+,27+/m1/s1. The average Bonchev–Trinajstić information content (AvgIpc) is 3.74. The topological polar surface area (TPSA) is 101 Å². The Morgan fingerprint density at radius 3 is 2.83 bits per heavy atom. The quantitative estimate of drug-likeness (QED) is 0.492. The third kappa shape index (κ3) is 5.98. The molecule has 1 saturated heterocycles. The molecule has 9 nitrogen and oxygen atoms in total. The number of nitrogens with one attached hydrogen (secondary N) is 1. The lowest BCUT2D eigenvalue weighted by Gasteiger charge is -2.34. The van der Waals surface area contributed by atoms with Crippen LogP contribution in [0.2, 0.25) is 0 Å². The van der Waals surface area contributed by atoms with Gasteiger partial charge in [0.25, 0.3) is 0 Å². The minimum atomic E-state index is -0.799. The van der Waals surface area contributed by atoms with Crippen LogP contribution < -0.4 is 5.32 Å². The molecule has 41 heavy (non-hydrogen) atoms. The van der Waals surface area contributed by atoms with Gasteiger partial charge in [-0.2, -0.15) is 0 Å². The number of carbonyl (C=O) groups is 3. The van der Waals surface area contributed by atoms with Crippen LogP contribution in [-0.2, 0) is 38.6 Å². The molecule has 2 fully saturated rings. The van der Waals surface area contributed by atoms with Gasteiger partial charge in [-0.1, -0.05) is 49.6 Å². The highest BCUT2D eigenvalue weighted by Gasteiger charge is 2.46. The van der Waals surface area contributed by atoms with E-state index in [4.69, 9.17) is 14.5 Å². The van der Waals surface area contributed by atoms with Crippen LogP contribution in [0.4, 0.5) is 9.93 Å². The first-order valence-corrected chi connectivity index (χ1v) is 15.7. The van der Waals surface area contributed by atoms with Crippen LogP contribution in [0.15, 0.2) is 29.7 Å². The summed E-state index contributed by atoms with van der Waals surface area (Å²) in [6.07, 6.45) is 11.5. The molecule has 1 N–H and O–H groups in total. The number of anilines is 1. The van der Waals surface area contributed by atoms with Gasteiger partial charge >= 0.3 is 12.1 Å². The van der Waals surface area contributed by atoms with Crippen LogP contribution in [-0.4, -0.2) is 64.6 Å². The Bertz CT molecular complexity index is 1320. The smallest absolute Gasteiger partial charge is 0.410 e. The Balaban J connectivity index is 1.30. The molecule has 1 saturated carbocycles. The van der Waals surface area contributed by atoms with E-state index in [1.165, 1.54) is 24.9 Å². The highest BCUT2D eigenvalue weighted by Crippen LogP contribution is 2.34. The van der Waals surface area contributed by atoms with Crippen molar-refractivity contribution in [2.24, 2.45) is 5.92 Å². The summed E-state index contributed by atoms with van der Waals surface area (Å²) in [6.45, 7) is 1.11. The zero-order valence-corrected chi connectivity index (χ0v) is 24.4. The highest BCUT2D eigenvalue weighted by atomic mass is 32.1. The number of benzene rings is 1. The van der Waals surface area contributed by atoms with Gasteiger partial charge in [0.2, 0.25) is 5.91 Å². The number of methoxy groups -OCH3 is 1. The zero-order chi connectivity index (χ0) is 28.3. The molecule has 2 amide bonds. The third-order valence-corrected chi connectivity index (χ3v) is 9.71. The molecule has 1 aromatic heterocycles. The van der Waals surface area contributed by atoms with E-state index in [1.807, 2.05) is 6.07 Å². The first kappa shape index (κ1) is 27.8. The van der Waals surface area contributed by atoms with Crippen molar-refractivity contribution in [1.82, 2.24) is 14.8 Å². The first-order valence-electron chi connectivity index (χ1n) is 14.8. The van der Waals surface area contributed by atoms with Crippen LogP contribution in [0.3, 0.4) is 0 Å². The molecule has 6 bridgehead atoms. The van der Waals surface area contributed by atoms with E-state index in [0.717, 1.165) is 72.5 Å². The lowest BCUT2D eigenvalue weighted by molar-refractivity contribution is -0.151. The second-order valence-corrected chi connectivity index (χ2v) is 12.4. The Morgan fingerprint density at radius 1 is 1.15 bits per heavy atom. The maximum atomic E-state index is 14.2. The molecule has 10 heteroatoms. The molecular weight excluding hydrogens is 540 g/mol. The number of ether oxygens (including phenoxy) is 2. The van der Waals surface area contributed by atoms with Gasteiger partial charge in [-0.3, -0.25) is 9.69 Å². The zero-order valence-electron chi connectivity index (χ0n) is 23.5. The van der Waals surface area contributed by atoms with Crippen LogP contribution in [0.5, 0.6) is 0 Å². The number of nitrogens with zero attached hydrogens (tertiary/aromatic N) is 3. The van der Waals surface area contributed by atoms with Gasteiger partial charge in [-0.15, -0.1) is 11.3 Å². The van der Waals surface area contributed by atoms with Crippen molar-refractivity contribution >= 4 is 40.5 Å². The molecule has 6 rings (SSSR count). The van der Waals surface area contributed by atoms with Crippen LogP contribution in [0, 0.1) is 5.92 Å². The number of fused-ring (bicyclic) bond motifs is 5. The molecule has 3 atom stereocenters. The summed E-state index contributed by atoms with van der Waals surface area (Å²) >= 11 is 1.52. The monoisotopic (exact) mass is 578 g/mol. The van der Waals surface area contributed by atoms with E-state index >= 15 is 0 Å². The minimum Gasteiger partial charge on any atom is -0.467 e. The number of aryl methyl sites for hydroxylation is 1. The van der Waals surface area contributed by atoms with Crippen LogP contribution in [0.25, 0.3) is 6.08 Å². The molecule has 0 unspecified atom stereocenters. The van der Waals surface area contributed by atoms with Crippen molar-refractivity contribution in [3.8, 4) is 0 Å². The maximum Gasteiger partial charge on any atom is 0.410 e. The van der Waals surface area contributed by atoms with Gasteiger partial charge < -0.3 is 19.7 Å². The van der Waals surface area contributed by atoms with Gasteiger partial charge in [0, 0.05) is 18.3 Å². The molecule has 2 aromatic rings. The summed E-state index contributed by atoms with van der Waals surface area (Å²) in [5.41, 5.74) is 4.38. The summed E-state index contributed by atoms with van der Waals surface area (Å²) in [5, 5.41) is 6.27. The number of hydrogen-bond acceptors (Lipinski definition) is 8. The largest absolute Gasteiger partial charge is 0.467 e. The molecule has 0 radical (unpaired) electrons. The maximum absolute atomic E-state index is 14.2. The average molecular weight is 579 g/mol. The summed E-state index contributed by atoms with van der Waals surface area (Å²) in [4.78, 5) is 48.5. The number of rotatable bonds is 2. The predicted octanol–water partition coefficient (Wildman–Crippen LogP) is 5.15. The Kier molecular flexibility index (Phi) is 8.27. The van der Waals surface area contributed by atoms with Gasteiger partial charge in [0.1, 0.15) is 18.2 Å². The highest BCUT2D eigenvalue weighted by molar-refractivity contribution is 7.13. The number of allylic oxidation sites excluding steroid dienone is 1. The molecule has 4 heterocycles. The lowest BCUT2D eigenvalue weighted by atomic mass is 9.83. The Labute approximate surface area is 244 Å². The number of carbonyl (C=O) groups excluding carboxylic acids is 3. The van der Waals surface area contributed by atoms with Crippen LogP contribution >= 0.6 is 11.3 Å². The lowest BCUT2D eigenvalue weighted by Crippen LogP contribution is -2.51. The van der Waals surface area contributed by atoms with Gasteiger partial charge in [-0.25, -0.2) is 14.6 Å². The summed E-state index contributed by atoms with van der Waals surface area (Å²) < 4.78 is 11.0. The van der Waals surface area contributed by atoms with Gasteiger partial charge in [-0.05, 0) is 54.7 Å². The van der Waals surface area contributed by atoms with E-state index < -0.39 is 30.3 Å². The van der Waals surface area contributed by atoms with E-state index in [1.54, 1.807) is 9.80 Å². The van der Waals surface area contributed by atoms with Gasteiger partial charge in [0.15, 0.2) is 5.13 Å². The number of esters is 1. The van der Waals surface area contributed by atoms with E-state index in [0.29, 0.717) is 13.1 Å². The Hall–Kier alpha value is -3.40. The summed E-state index contributed by atoms with van der Waals surface area (Å²) in [6, 6.07) is 4.86. The number of amides is 2. The second-order valence-electron chi connectivity index (χ2n) is 11.6. The molecule has 1 aliphatic carbocycles. The van der Waals surface area contributed by atoms with Gasteiger partial charge in [0.05, 0.1) is 25.9 Å². The first-order chi connectivity index (χ1) is 20.0. The van der Waals surface area contributed by atoms with E-state index in [9.17, 15) is 14.4 Å². The van der Waals surface area contributed by atoms with E-state index in [-0.39, 0.29) is 24.8 Å². The van der Waals surface area contributed by atoms with Crippen molar-refractivity contribution in [2.45, 2.75) is 89.1 Å². The fourth-order valence-electron chi connectivity index (χ4n) is 6.70. The van der Waals surface area contributed by atoms with Crippen molar-refractivity contribution in [2.75, 3.05) is 19.0 Å². The summed E-state index contributed by atoms with van der Waals surface area (Å²) in [5.74, 6) is -0.497. The van der Waals surface area contributed by atoms with Crippen LogP contribution in [0.1, 0.15) is 73.8 Å². The third-order valence-electron chi connectivity index (χ3n) is 8.88. The molecule has 3 aliphatic heterocycles. The van der Waals surface area contributed by atoms with Crippen molar-refractivity contribution in [1.29, 1.82) is 0 Å². The second kappa shape index (κ2) is 12.2. The normalized spacial score (nSPS) is 26.3. The number of thiazole rings is 1. The molecule has 1 aromatic carbocycles. The molecular formula is C31H38N4O5S. The van der Waals surface area contributed by atoms with Crippen molar-refractivity contribution in [3.63, 3.8) is 0 Å². The van der Waals surface area contributed by atoms with Crippen molar-refractivity contribution < 1.29 is 23.9 Å². The molecule has 0 spiro atoms. The predicted molar refractivity (Wildman–Crippen MR) is 156 cm³/mol. The fraction of sp³-hybridized carbons (Fsp3) is 0.548. The summed E-state index contributed by atoms with van der Waals surface area (Å²) in [7, 11) is 1.33. The number of hydrogen-bond donors (Lipinski definition) is 1. The van der Waals surface area contributed by atoms with E-state index in [2.05, 4.69) is 35.0 Å². The molecule has 4 aliphatic rings. The Morgan fingerprint density at radius 2 is 2.00 bits per heavy atom. The number of aromatic nitrogens is 1. The SMILES string of the molecule is COC(=O)[C@@H]1C[C@@H]2CN1C(=O)[C@H](C1CCCCC1)Nc1nc(cs1)CCC/C=C\c1cccc3c1CN(C3)C(=O)O2. The molecule has 218 valence electrons.